The maximum atomic E-state index is 12.0. The molecule has 0 spiro atoms. The first-order chi connectivity index (χ1) is 9.20. The van der Waals surface area contributed by atoms with Crippen LogP contribution in [0.4, 0.5) is 0 Å². The number of carbonyl (C=O) groups excluding carboxylic acids is 1. The highest BCUT2D eigenvalue weighted by molar-refractivity contribution is 5.79. The summed E-state index contributed by atoms with van der Waals surface area (Å²) in [5.41, 5.74) is 7.59. The van der Waals surface area contributed by atoms with E-state index >= 15 is 0 Å². The van der Waals surface area contributed by atoms with Gasteiger partial charge in [-0.15, -0.1) is 0 Å². The number of aromatic nitrogens is 3. The third kappa shape index (κ3) is 3.38. The highest BCUT2D eigenvalue weighted by Crippen LogP contribution is 2.10. The largest absolute Gasteiger partial charge is 0.346 e. The molecular weight excluding hydrogens is 242 g/mol. The molecule has 0 radical (unpaired) electrons. The van der Waals surface area contributed by atoms with Gasteiger partial charge in [-0.05, 0) is 18.1 Å². The Morgan fingerprint density at radius 2 is 2.16 bits per heavy atom. The van der Waals surface area contributed by atoms with Crippen molar-refractivity contribution in [2.45, 2.75) is 25.9 Å². The van der Waals surface area contributed by atoms with Crippen LogP contribution in [0.25, 0.3) is 0 Å². The second-order valence-electron chi connectivity index (χ2n) is 4.31. The average Bonchev–Trinajstić information content (AvgIpc) is 2.93. The minimum atomic E-state index is -0.194. The molecule has 0 aliphatic rings. The first-order valence-corrected chi connectivity index (χ1v) is 6.12. The first kappa shape index (κ1) is 13.2. The quantitative estimate of drug-likeness (QED) is 0.735. The fourth-order valence-electron chi connectivity index (χ4n) is 1.89. The molecule has 2 rings (SSSR count). The molecule has 0 bridgehead atoms. The molecule has 100 valence electrons. The van der Waals surface area contributed by atoms with Crippen molar-refractivity contribution in [2.75, 3.05) is 0 Å². The normalized spacial score (nSPS) is 12.1. The number of nitrogens with one attached hydrogen (secondary N) is 2. The molecule has 1 aromatic heterocycles. The molecule has 6 heteroatoms. The topological polar surface area (TPSA) is 96.7 Å². The molecule has 2 aromatic rings. The van der Waals surface area contributed by atoms with E-state index in [0.717, 1.165) is 11.1 Å². The Kier molecular flexibility index (Phi) is 4.25. The lowest BCUT2D eigenvalue weighted by molar-refractivity contribution is -0.121. The van der Waals surface area contributed by atoms with Crippen LogP contribution in [0.3, 0.4) is 0 Å². The zero-order chi connectivity index (χ0) is 13.7. The molecule has 1 amide bonds. The predicted molar refractivity (Wildman–Crippen MR) is 71.0 cm³/mol. The number of hydrogen-bond acceptors (Lipinski definition) is 4. The molecule has 0 aliphatic carbocycles. The lowest BCUT2D eigenvalue weighted by Gasteiger charge is -2.12. The van der Waals surface area contributed by atoms with Crippen molar-refractivity contribution in [3.63, 3.8) is 0 Å². The molecule has 0 saturated carbocycles. The third-order valence-corrected chi connectivity index (χ3v) is 2.91. The molecule has 0 fully saturated rings. The van der Waals surface area contributed by atoms with Crippen LogP contribution in [0.1, 0.15) is 29.9 Å². The van der Waals surface area contributed by atoms with E-state index in [2.05, 4.69) is 20.5 Å². The number of H-pyrrole nitrogens is 1. The summed E-state index contributed by atoms with van der Waals surface area (Å²) in [6, 6.07) is 7.48. The molecule has 4 N–H and O–H groups in total. The van der Waals surface area contributed by atoms with E-state index in [9.17, 15) is 4.79 Å². The minimum absolute atomic E-state index is 0.0650. The van der Waals surface area contributed by atoms with Crippen LogP contribution >= 0.6 is 0 Å². The van der Waals surface area contributed by atoms with Gasteiger partial charge in [-0.2, -0.15) is 5.10 Å². The van der Waals surface area contributed by atoms with Crippen molar-refractivity contribution in [3.05, 3.63) is 47.5 Å². The number of carbonyl (C=O) groups is 1. The minimum Gasteiger partial charge on any atom is -0.346 e. The summed E-state index contributed by atoms with van der Waals surface area (Å²) in [4.78, 5) is 16.0. The fraction of sp³-hybridized carbons (Fsp3) is 0.308. The Bertz CT molecular complexity index is 538. The third-order valence-electron chi connectivity index (χ3n) is 2.91. The summed E-state index contributed by atoms with van der Waals surface area (Å²) < 4.78 is 0. The van der Waals surface area contributed by atoms with Gasteiger partial charge in [0.2, 0.25) is 5.91 Å². The Morgan fingerprint density at radius 1 is 1.42 bits per heavy atom. The Balaban J connectivity index is 1.98. The number of nitrogens with zero attached hydrogens (tertiary/aromatic N) is 2. The molecule has 6 nitrogen and oxygen atoms in total. The van der Waals surface area contributed by atoms with Gasteiger partial charge in [0.05, 0.1) is 12.5 Å². The Morgan fingerprint density at radius 3 is 2.79 bits per heavy atom. The highest BCUT2D eigenvalue weighted by Gasteiger charge is 2.13. The summed E-state index contributed by atoms with van der Waals surface area (Å²) in [5, 5.41) is 9.36. The van der Waals surface area contributed by atoms with Gasteiger partial charge in [-0.25, -0.2) is 4.98 Å². The SMILES string of the molecule is CC(NC(=O)Cc1ccccc1CN)c1ncn[nH]1. The zero-order valence-corrected chi connectivity index (χ0v) is 10.8. The van der Waals surface area contributed by atoms with Crippen molar-refractivity contribution in [2.24, 2.45) is 5.73 Å². The standard InChI is InChI=1S/C13H17N5O/c1-9(13-15-8-16-18-13)17-12(19)6-10-4-2-3-5-11(10)7-14/h2-5,8-9H,6-7,14H2,1H3,(H,17,19)(H,15,16,18). The van der Waals surface area contributed by atoms with Crippen LogP contribution in [0.15, 0.2) is 30.6 Å². The van der Waals surface area contributed by atoms with E-state index in [1.54, 1.807) is 0 Å². The fourth-order valence-corrected chi connectivity index (χ4v) is 1.89. The summed E-state index contributed by atoms with van der Waals surface area (Å²) >= 11 is 0. The maximum absolute atomic E-state index is 12.0. The number of rotatable bonds is 5. The molecule has 1 aromatic carbocycles. The van der Waals surface area contributed by atoms with Gasteiger partial charge in [0.15, 0.2) is 0 Å². The highest BCUT2D eigenvalue weighted by atomic mass is 16.1. The average molecular weight is 259 g/mol. The molecule has 0 aliphatic heterocycles. The summed E-state index contributed by atoms with van der Waals surface area (Å²) in [7, 11) is 0. The van der Waals surface area contributed by atoms with Crippen LogP contribution in [0.5, 0.6) is 0 Å². The predicted octanol–water partition coefficient (Wildman–Crippen LogP) is 0.683. The molecule has 19 heavy (non-hydrogen) atoms. The van der Waals surface area contributed by atoms with Crippen LogP contribution in [0, 0.1) is 0 Å². The van der Waals surface area contributed by atoms with Crippen molar-refractivity contribution >= 4 is 5.91 Å². The van der Waals surface area contributed by atoms with Gasteiger partial charge in [0, 0.05) is 6.54 Å². The zero-order valence-electron chi connectivity index (χ0n) is 10.8. The first-order valence-electron chi connectivity index (χ1n) is 6.12. The lowest BCUT2D eigenvalue weighted by Crippen LogP contribution is -2.29. The van der Waals surface area contributed by atoms with E-state index in [1.165, 1.54) is 6.33 Å². The Labute approximate surface area is 111 Å². The lowest BCUT2D eigenvalue weighted by atomic mass is 10.0. The Hall–Kier alpha value is -2.21. The molecule has 1 atom stereocenters. The number of benzene rings is 1. The molecule has 0 saturated heterocycles. The van der Waals surface area contributed by atoms with Crippen LogP contribution in [-0.2, 0) is 17.8 Å². The van der Waals surface area contributed by atoms with E-state index in [1.807, 2.05) is 31.2 Å². The van der Waals surface area contributed by atoms with Gasteiger partial charge in [0.25, 0.3) is 0 Å². The summed E-state index contributed by atoms with van der Waals surface area (Å²) in [5.74, 6) is 0.574. The summed E-state index contributed by atoms with van der Waals surface area (Å²) in [6.45, 7) is 2.29. The maximum Gasteiger partial charge on any atom is 0.225 e. The van der Waals surface area contributed by atoms with E-state index in [4.69, 9.17) is 5.73 Å². The number of hydrogen-bond donors (Lipinski definition) is 3. The second-order valence-corrected chi connectivity index (χ2v) is 4.31. The van der Waals surface area contributed by atoms with Gasteiger partial charge in [-0.1, -0.05) is 24.3 Å². The van der Waals surface area contributed by atoms with Crippen molar-refractivity contribution in [1.82, 2.24) is 20.5 Å². The smallest absolute Gasteiger partial charge is 0.225 e. The van der Waals surface area contributed by atoms with Crippen LogP contribution in [0.2, 0.25) is 0 Å². The second kappa shape index (κ2) is 6.10. The van der Waals surface area contributed by atoms with Gasteiger partial charge in [-0.3, -0.25) is 9.89 Å². The van der Waals surface area contributed by atoms with E-state index < -0.39 is 0 Å². The number of aromatic amines is 1. The van der Waals surface area contributed by atoms with Crippen molar-refractivity contribution in [1.29, 1.82) is 0 Å². The van der Waals surface area contributed by atoms with Crippen molar-refractivity contribution < 1.29 is 4.79 Å². The van der Waals surface area contributed by atoms with Crippen LogP contribution < -0.4 is 11.1 Å². The summed E-state index contributed by atoms with van der Waals surface area (Å²) in [6.07, 6.45) is 1.73. The van der Waals surface area contributed by atoms with Gasteiger partial charge >= 0.3 is 0 Å². The number of nitrogens with two attached hydrogens (primary N) is 1. The monoisotopic (exact) mass is 259 g/mol. The van der Waals surface area contributed by atoms with Crippen LogP contribution in [-0.4, -0.2) is 21.1 Å². The van der Waals surface area contributed by atoms with Gasteiger partial charge < -0.3 is 11.1 Å². The van der Waals surface area contributed by atoms with E-state index in [-0.39, 0.29) is 11.9 Å². The van der Waals surface area contributed by atoms with Crippen molar-refractivity contribution in [3.8, 4) is 0 Å². The molecular formula is C13H17N5O. The molecule has 1 unspecified atom stereocenters. The number of amides is 1. The molecule has 1 heterocycles. The van der Waals surface area contributed by atoms with Gasteiger partial charge in [0.1, 0.15) is 12.2 Å². The van der Waals surface area contributed by atoms with E-state index in [0.29, 0.717) is 18.8 Å².